The highest BCUT2D eigenvalue weighted by atomic mass is 32.2. The number of hydrogen-bond donors (Lipinski definition) is 0. The second-order valence-electron chi connectivity index (χ2n) is 6.13. The maximum Gasteiger partial charge on any atom is 0.245 e. The van der Waals surface area contributed by atoms with Crippen molar-refractivity contribution >= 4 is 21.1 Å². The van der Waals surface area contributed by atoms with Crippen LogP contribution in [0.25, 0.3) is 11.0 Å². The molecule has 3 aromatic rings. The Balaban J connectivity index is 1.56. The lowest BCUT2D eigenvalue weighted by atomic mass is 10.0. The molecule has 2 aromatic heterocycles. The van der Waals surface area contributed by atoms with Gasteiger partial charge in [-0.05, 0) is 46.8 Å². The van der Waals surface area contributed by atoms with Gasteiger partial charge in [-0.3, -0.25) is 4.68 Å². The standard InChI is InChI=1S/C15H17N5O3S/c1-19-9-12(8-16-19)7-11-5-6-20(10-11)24(21,22)14-4-2-3-13-15(14)18-23-17-13/h2-4,8-9,11H,5-7,10H2,1H3/t11-/m1/s1. The molecule has 24 heavy (non-hydrogen) atoms. The van der Waals surface area contributed by atoms with E-state index < -0.39 is 10.0 Å². The second kappa shape index (κ2) is 5.67. The molecule has 0 N–H and O–H groups in total. The van der Waals surface area contributed by atoms with Gasteiger partial charge in [-0.1, -0.05) is 6.07 Å². The van der Waals surface area contributed by atoms with Crippen LogP contribution in [0.1, 0.15) is 12.0 Å². The molecular formula is C15H17N5O3S. The third-order valence-corrected chi connectivity index (χ3v) is 6.29. The lowest BCUT2D eigenvalue weighted by molar-refractivity contribution is 0.315. The fraction of sp³-hybridized carbons (Fsp3) is 0.400. The van der Waals surface area contributed by atoms with E-state index in [1.807, 2.05) is 19.4 Å². The van der Waals surface area contributed by atoms with Crippen molar-refractivity contribution < 1.29 is 13.0 Å². The van der Waals surface area contributed by atoms with E-state index in [4.69, 9.17) is 0 Å². The van der Waals surface area contributed by atoms with E-state index in [1.165, 1.54) is 4.31 Å². The summed E-state index contributed by atoms with van der Waals surface area (Å²) in [6, 6.07) is 4.89. The topological polar surface area (TPSA) is 94.1 Å². The van der Waals surface area contributed by atoms with Crippen LogP contribution >= 0.6 is 0 Å². The van der Waals surface area contributed by atoms with Crippen molar-refractivity contribution in [2.24, 2.45) is 13.0 Å². The first-order valence-corrected chi connectivity index (χ1v) is 9.17. The van der Waals surface area contributed by atoms with Gasteiger partial charge >= 0.3 is 0 Å². The Kier molecular flexibility index (Phi) is 3.61. The van der Waals surface area contributed by atoms with E-state index in [1.54, 1.807) is 22.9 Å². The molecule has 4 rings (SSSR count). The fourth-order valence-corrected chi connectivity index (χ4v) is 4.89. The van der Waals surface area contributed by atoms with Crippen LogP contribution < -0.4 is 0 Å². The summed E-state index contributed by atoms with van der Waals surface area (Å²) in [6.07, 6.45) is 5.47. The van der Waals surface area contributed by atoms with Crippen LogP contribution in [0, 0.1) is 5.92 Å². The van der Waals surface area contributed by atoms with Gasteiger partial charge < -0.3 is 0 Å². The first kappa shape index (κ1) is 15.3. The first-order valence-electron chi connectivity index (χ1n) is 7.73. The average Bonchev–Trinajstić information content (AvgIpc) is 3.28. The van der Waals surface area contributed by atoms with Crippen molar-refractivity contribution in [1.82, 2.24) is 24.4 Å². The van der Waals surface area contributed by atoms with E-state index in [-0.39, 0.29) is 10.4 Å². The summed E-state index contributed by atoms with van der Waals surface area (Å²) in [7, 11) is -1.73. The minimum Gasteiger partial charge on any atom is -0.276 e. The maximum absolute atomic E-state index is 12.9. The summed E-state index contributed by atoms with van der Waals surface area (Å²) in [6.45, 7) is 1.01. The van der Waals surface area contributed by atoms with Crippen LogP contribution in [-0.2, 0) is 23.5 Å². The van der Waals surface area contributed by atoms with Crippen molar-refractivity contribution in [2.75, 3.05) is 13.1 Å². The molecule has 9 heteroatoms. The summed E-state index contributed by atoms with van der Waals surface area (Å²) in [5, 5.41) is 11.6. The van der Waals surface area contributed by atoms with Crippen LogP contribution in [0.2, 0.25) is 0 Å². The molecule has 0 aliphatic carbocycles. The summed E-state index contributed by atoms with van der Waals surface area (Å²) < 4.78 is 33.9. The molecule has 1 saturated heterocycles. The Morgan fingerprint density at radius 1 is 1.33 bits per heavy atom. The van der Waals surface area contributed by atoms with Crippen LogP contribution in [0.4, 0.5) is 0 Å². The molecular weight excluding hydrogens is 330 g/mol. The molecule has 1 atom stereocenters. The quantitative estimate of drug-likeness (QED) is 0.704. The van der Waals surface area contributed by atoms with Crippen molar-refractivity contribution in [1.29, 1.82) is 0 Å². The molecule has 0 unspecified atom stereocenters. The van der Waals surface area contributed by atoms with Crippen molar-refractivity contribution in [3.63, 3.8) is 0 Å². The Morgan fingerprint density at radius 3 is 3.00 bits per heavy atom. The smallest absolute Gasteiger partial charge is 0.245 e. The molecule has 0 amide bonds. The zero-order valence-electron chi connectivity index (χ0n) is 13.2. The van der Waals surface area contributed by atoms with Crippen LogP contribution in [0.5, 0.6) is 0 Å². The molecule has 1 aliphatic heterocycles. The highest BCUT2D eigenvalue weighted by Gasteiger charge is 2.34. The molecule has 0 bridgehead atoms. The number of aryl methyl sites for hydroxylation is 1. The summed E-state index contributed by atoms with van der Waals surface area (Å²) in [4.78, 5) is 0.156. The Morgan fingerprint density at radius 2 is 2.21 bits per heavy atom. The Bertz CT molecular complexity index is 978. The van der Waals surface area contributed by atoms with Crippen molar-refractivity contribution in [2.45, 2.75) is 17.7 Å². The molecule has 1 aliphatic rings. The fourth-order valence-electron chi connectivity index (χ4n) is 3.22. The number of nitrogens with zero attached hydrogens (tertiary/aromatic N) is 5. The highest BCUT2D eigenvalue weighted by molar-refractivity contribution is 7.89. The number of rotatable bonds is 4. The van der Waals surface area contributed by atoms with Gasteiger partial charge in [-0.2, -0.15) is 9.40 Å². The van der Waals surface area contributed by atoms with Gasteiger partial charge in [0, 0.05) is 26.3 Å². The third kappa shape index (κ3) is 2.59. The predicted molar refractivity (Wildman–Crippen MR) is 85.6 cm³/mol. The van der Waals surface area contributed by atoms with Gasteiger partial charge in [-0.25, -0.2) is 13.0 Å². The lowest BCUT2D eigenvalue weighted by Crippen LogP contribution is -2.29. The van der Waals surface area contributed by atoms with Crippen molar-refractivity contribution in [3.8, 4) is 0 Å². The Hall–Kier alpha value is -2.26. The summed E-state index contributed by atoms with van der Waals surface area (Å²) >= 11 is 0. The van der Waals surface area contributed by atoms with Gasteiger partial charge in [0.2, 0.25) is 10.0 Å². The lowest BCUT2D eigenvalue weighted by Gasteiger charge is -2.16. The highest BCUT2D eigenvalue weighted by Crippen LogP contribution is 2.29. The number of benzene rings is 1. The number of hydrogen-bond acceptors (Lipinski definition) is 6. The van der Waals surface area contributed by atoms with E-state index in [0.29, 0.717) is 24.5 Å². The number of fused-ring (bicyclic) bond motifs is 1. The largest absolute Gasteiger partial charge is 0.276 e. The van der Waals surface area contributed by atoms with Gasteiger partial charge in [0.25, 0.3) is 0 Å². The van der Waals surface area contributed by atoms with E-state index in [2.05, 4.69) is 20.0 Å². The minimum absolute atomic E-state index is 0.156. The van der Waals surface area contributed by atoms with Crippen molar-refractivity contribution in [3.05, 3.63) is 36.2 Å². The van der Waals surface area contributed by atoms with Gasteiger partial charge in [0.1, 0.15) is 10.4 Å². The monoisotopic (exact) mass is 347 g/mol. The number of sulfonamides is 1. The van der Waals surface area contributed by atoms with Crippen LogP contribution in [0.3, 0.4) is 0 Å². The molecule has 1 aromatic carbocycles. The zero-order valence-corrected chi connectivity index (χ0v) is 14.0. The normalized spacial score (nSPS) is 19.3. The average molecular weight is 347 g/mol. The van der Waals surface area contributed by atoms with E-state index >= 15 is 0 Å². The predicted octanol–water partition coefficient (Wildman–Crippen LogP) is 1.21. The summed E-state index contributed by atoms with van der Waals surface area (Å²) in [5.41, 5.74) is 1.86. The SMILES string of the molecule is Cn1cc(C[C@H]2CCN(S(=O)(=O)c3cccc4nonc34)C2)cn1. The number of aromatic nitrogens is 4. The second-order valence-corrected chi connectivity index (χ2v) is 8.04. The molecule has 8 nitrogen and oxygen atoms in total. The van der Waals surface area contributed by atoms with E-state index in [9.17, 15) is 8.42 Å². The van der Waals surface area contributed by atoms with Crippen LogP contribution in [-0.4, -0.2) is 45.9 Å². The van der Waals surface area contributed by atoms with Gasteiger partial charge in [0.15, 0.2) is 5.52 Å². The first-order chi connectivity index (χ1) is 11.5. The van der Waals surface area contributed by atoms with Gasteiger partial charge in [0.05, 0.1) is 6.20 Å². The zero-order chi connectivity index (χ0) is 16.7. The summed E-state index contributed by atoms with van der Waals surface area (Å²) in [5.74, 6) is 0.290. The Labute approximate surface area is 139 Å². The maximum atomic E-state index is 12.9. The van der Waals surface area contributed by atoms with Crippen LogP contribution in [0.15, 0.2) is 40.1 Å². The molecule has 0 saturated carbocycles. The minimum atomic E-state index is -3.61. The molecule has 0 spiro atoms. The van der Waals surface area contributed by atoms with Gasteiger partial charge in [-0.15, -0.1) is 0 Å². The van der Waals surface area contributed by atoms with E-state index in [0.717, 1.165) is 18.4 Å². The third-order valence-electron chi connectivity index (χ3n) is 4.40. The molecule has 1 fully saturated rings. The molecule has 3 heterocycles. The molecule has 0 radical (unpaired) electrons. The molecule has 126 valence electrons.